The van der Waals surface area contributed by atoms with Crippen LogP contribution >= 0.6 is 0 Å². The summed E-state index contributed by atoms with van der Waals surface area (Å²) < 4.78 is 14.7. The summed E-state index contributed by atoms with van der Waals surface area (Å²) in [5, 5.41) is 8.48. The van der Waals surface area contributed by atoms with Gasteiger partial charge in [-0.1, -0.05) is 5.92 Å². The van der Waals surface area contributed by atoms with Crippen molar-refractivity contribution in [1.82, 2.24) is 4.98 Å². The average molecular weight is 388 g/mol. The molecule has 0 saturated carbocycles. The van der Waals surface area contributed by atoms with Crippen molar-refractivity contribution >= 4 is 28.5 Å². The number of halogens is 1. The van der Waals surface area contributed by atoms with Crippen LogP contribution in [-0.4, -0.2) is 41.1 Å². The van der Waals surface area contributed by atoms with Crippen molar-refractivity contribution in [3.8, 4) is 11.8 Å². The number of piperidine rings is 1. The highest BCUT2D eigenvalue weighted by Crippen LogP contribution is 2.37. The zero-order chi connectivity index (χ0) is 21.0. The highest BCUT2D eigenvalue weighted by atomic mass is 19.1. The number of aromatic amines is 1. The maximum absolute atomic E-state index is 14.7. The Kier molecular flexibility index (Phi) is 6.65. The van der Waals surface area contributed by atoms with Crippen molar-refractivity contribution in [3.63, 3.8) is 0 Å². The maximum Gasteiger partial charge on any atom is 0.381 e. The van der Waals surface area contributed by atoms with E-state index in [-0.39, 0.29) is 11.6 Å². The van der Waals surface area contributed by atoms with Crippen LogP contribution in [-0.2, 0) is 4.79 Å². The van der Waals surface area contributed by atoms with Gasteiger partial charge in [0.15, 0.2) is 0 Å². The number of carbonyl (C=O) groups excluding carboxylic acids is 1. The summed E-state index contributed by atoms with van der Waals surface area (Å²) in [4.78, 5) is 26.2. The highest BCUT2D eigenvalue weighted by molar-refractivity contribution is 6.10. The molecule has 28 heavy (non-hydrogen) atoms. The topological polar surface area (TPSA) is 125 Å². The minimum absolute atomic E-state index is 0.0411. The fraction of sp³-hybridized carbons (Fsp3) is 0.400. The Balaban J connectivity index is 0.000000409. The van der Waals surface area contributed by atoms with E-state index in [9.17, 15) is 14.0 Å². The number of anilines is 1. The van der Waals surface area contributed by atoms with Crippen molar-refractivity contribution in [3.05, 3.63) is 28.7 Å². The molecule has 7 nitrogen and oxygen atoms in total. The lowest BCUT2D eigenvalue weighted by Gasteiger charge is -2.33. The van der Waals surface area contributed by atoms with Crippen molar-refractivity contribution in [2.24, 2.45) is 11.5 Å². The van der Waals surface area contributed by atoms with Gasteiger partial charge in [-0.15, -0.1) is 0 Å². The summed E-state index contributed by atoms with van der Waals surface area (Å²) in [5.74, 6) is 1.97. The molecule has 1 saturated heterocycles. The van der Waals surface area contributed by atoms with Crippen molar-refractivity contribution in [2.75, 3.05) is 18.0 Å². The minimum atomic E-state index is -1.07. The van der Waals surface area contributed by atoms with Gasteiger partial charge in [-0.3, -0.25) is 4.79 Å². The minimum Gasteiger partial charge on any atom is -0.472 e. The van der Waals surface area contributed by atoms with E-state index in [1.165, 1.54) is 13.0 Å². The number of rotatable bonds is 2. The number of nitrogens with two attached hydrogens (primary N) is 2. The summed E-state index contributed by atoms with van der Waals surface area (Å²) in [6.07, 6.45) is 1.88. The second-order valence-electron chi connectivity index (χ2n) is 6.77. The summed E-state index contributed by atoms with van der Waals surface area (Å²) in [6, 6.07) is 1.27. The number of H-pyrrole nitrogens is 1. The number of carboxylic acid groups (broad SMARTS) is 1. The van der Waals surface area contributed by atoms with Crippen LogP contribution < -0.4 is 16.4 Å². The van der Waals surface area contributed by atoms with Crippen LogP contribution in [0, 0.1) is 31.5 Å². The van der Waals surface area contributed by atoms with Crippen LogP contribution in [0.3, 0.4) is 0 Å². The van der Waals surface area contributed by atoms with Gasteiger partial charge in [0.2, 0.25) is 0 Å². The fourth-order valence-electron chi connectivity index (χ4n) is 3.43. The van der Waals surface area contributed by atoms with E-state index in [0.29, 0.717) is 17.7 Å². The van der Waals surface area contributed by atoms with Gasteiger partial charge in [0, 0.05) is 36.1 Å². The molecule has 1 atom stereocenters. The third kappa shape index (κ3) is 4.43. The molecule has 3 rings (SSSR count). The second-order valence-corrected chi connectivity index (χ2v) is 6.77. The number of carbonyl (C=O) groups is 2. The quantitative estimate of drug-likeness (QED) is 0.586. The van der Waals surface area contributed by atoms with Crippen molar-refractivity contribution < 1.29 is 19.1 Å². The van der Waals surface area contributed by atoms with E-state index < -0.39 is 17.7 Å². The Morgan fingerprint density at radius 2 is 2.07 bits per heavy atom. The standard InChI is InChI=1S/C16H21FN4O.C4H4O2/c1-8-9(2)20-14-11(16(19)22)6-12(17)15(13(8)14)21-5-3-4-10(18)7-21;1-2-3-4(5)6/h6,10,20H,3-5,7,18H2,1-2H3,(H2,19,22);1H3,(H,5,6). The number of aromatic nitrogens is 1. The smallest absolute Gasteiger partial charge is 0.381 e. The Morgan fingerprint density at radius 3 is 2.57 bits per heavy atom. The number of amides is 1. The van der Waals surface area contributed by atoms with E-state index in [1.807, 2.05) is 24.7 Å². The van der Waals surface area contributed by atoms with Crippen LogP contribution in [0.25, 0.3) is 10.9 Å². The van der Waals surface area contributed by atoms with Crippen LogP contribution in [0.15, 0.2) is 6.07 Å². The van der Waals surface area contributed by atoms with Crippen LogP contribution in [0.2, 0.25) is 0 Å². The number of hydrogen-bond acceptors (Lipinski definition) is 4. The maximum atomic E-state index is 14.7. The normalized spacial score (nSPS) is 16.0. The molecule has 0 bridgehead atoms. The zero-order valence-electron chi connectivity index (χ0n) is 16.2. The summed E-state index contributed by atoms with van der Waals surface area (Å²) in [7, 11) is 0. The van der Waals surface area contributed by atoms with E-state index >= 15 is 0 Å². The SMILES string of the molecule is CC#CC(=O)O.Cc1[nH]c2c(C(N)=O)cc(F)c(N3CCCC(N)C3)c2c1C. The molecular formula is C20H25FN4O3. The molecule has 1 aromatic heterocycles. The third-order valence-electron chi connectivity index (χ3n) is 4.77. The predicted octanol–water partition coefficient (Wildman–Crippen LogP) is 2.04. The molecule has 1 aliphatic rings. The lowest BCUT2D eigenvalue weighted by atomic mass is 10.0. The summed E-state index contributed by atoms with van der Waals surface area (Å²) in [5.41, 5.74) is 14.6. The molecule has 1 amide bonds. The van der Waals surface area contributed by atoms with Crippen LogP contribution in [0.4, 0.5) is 10.1 Å². The van der Waals surface area contributed by atoms with Gasteiger partial charge in [-0.25, -0.2) is 9.18 Å². The van der Waals surface area contributed by atoms with E-state index in [4.69, 9.17) is 16.6 Å². The molecular weight excluding hydrogens is 363 g/mol. The van der Waals surface area contributed by atoms with Gasteiger partial charge >= 0.3 is 5.97 Å². The number of primary amides is 1. The first-order valence-electron chi connectivity index (χ1n) is 8.94. The molecule has 2 aromatic rings. The molecule has 2 heterocycles. The number of nitrogens with one attached hydrogen (secondary N) is 1. The molecule has 1 aliphatic heterocycles. The molecule has 150 valence electrons. The van der Waals surface area contributed by atoms with Crippen molar-refractivity contribution in [2.45, 2.75) is 39.7 Å². The third-order valence-corrected chi connectivity index (χ3v) is 4.77. The number of aryl methyl sites for hydroxylation is 2. The second kappa shape index (κ2) is 8.76. The number of nitrogens with zero attached hydrogens (tertiary/aromatic N) is 1. The summed E-state index contributed by atoms with van der Waals surface area (Å²) in [6.45, 7) is 6.69. The molecule has 0 radical (unpaired) electrons. The monoisotopic (exact) mass is 388 g/mol. The lowest BCUT2D eigenvalue weighted by molar-refractivity contribution is -0.130. The number of fused-ring (bicyclic) bond motifs is 1. The van der Waals surface area contributed by atoms with E-state index in [1.54, 1.807) is 0 Å². The van der Waals surface area contributed by atoms with Crippen LogP contribution in [0.1, 0.15) is 41.4 Å². The Labute approximate surface area is 162 Å². The largest absolute Gasteiger partial charge is 0.472 e. The Bertz CT molecular complexity index is 971. The Morgan fingerprint density at radius 1 is 1.39 bits per heavy atom. The van der Waals surface area contributed by atoms with Crippen molar-refractivity contribution in [1.29, 1.82) is 0 Å². The summed E-state index contributed by atoms with van der Waals surface area (Å²) >= 11 is 0. The van der Waals surface area contributed by atoms with Crippen LogP contribution in [0.5, 0.6) is 0 Å². The fourth-order valence-corrected chi connectivity index (χ4v) is 3.43. The first-order valence-corrected chi connectivity index (χ1v) is 8.94. The van der Waals surface area contributed by atoms with Gasteiger partial charge in [-0.05, 0) is 45.2 Å². The molecule has 1 unspecified atom stereocenters. The number of aliphatic carboxylic acids is 1. The zero-order valence-corrected chi connectivity index (χ0v) is 16.2. The molecule has 0 spiro atoms. The van der Waals surface area contributed by atoms with Gasteiger partial charge in [0.25, 0.3) is 5.91 Å². The molecule has 1 aromatic carbocycles. The van der Waals surface area contributed by atoms with Gasteiger partial charge < -0.3 is 26.5 Å². The van der Waals surface area contributed by atoms with E-state index in [0.717, 1.165) is 36.0 Å². The van der Waals surface area contributed by atoms with Gasteiger partial charge in [0.1, 0.15) is 5.82 Å². The van der Waals surface area contributed by atoms with E-state index in [2.05, 4.69) is 10.9 Å². The lowest BCUT2D eigenvalue weighted by Crippen LogP contribution is -2.43. The highest BCUT2D eigenvalue weighted by Gasteiger charge is 2.26. The predicted molar refractivity (Wildman–Crippen MR) is 107 cm³/mol. The molecule has 6 N–H and O–H groups in total. The molecule has 1 fully saturated rings. The van der Waals surface area contributed by atoms with Gasteiger partial charge in [-0.2, -0.15) is 0 Å². The first kappa shape index (κ1) is 21.3. The average Bonchev–Trinajstić information content (AvgIpc) is 2.90. The molecule has 8 heteroatoms. The molecule has 0 aliphatic carbocycles. The van der Waals surface area contributed by atoms with Gasteiger partial charge in [0.05, 0.1) is 16.8 Å². The number of carboxylic acids is 1. The number of hydrogen-bond donors (Lipinski definition) is 4. The number of benzene rings is 1. The Hall–Kier alpha value is -3.05. The first-order chi connectivity index (χ1) is 13.2.